The van der Waals surface area contributed by atoms with E-state index >= 15 is 0 Å². The highest BCUT2D eigenvalue weighted by Crippen LogP contribution is 2.19. The van der Waals surface area contributed by atoms with Crippen LogP contribution in [0.1, 0.15) is 10.4 Å². The maximum atomic E-state index is 11.1. The van der Waals surface area contributed by atoms with Gasteiger partial charge in [0, 0.05) is 5.56 Å². The summed E-state index contributed by atoms with van der Waals surface area (Å²) < 4.78 is 0. The molecule has 0 bridgehead atoms. The van der Waals surface area contributed by atoms with Crippen molar-refractivity contribution in [1.29, 1.82) is 5.26 Å². The summed E-state index contributed by atoms with van der Waals surface area (Å²) >= 11 is 5.64. The average Bonchev–Trinajstić information content (AvgIpc) is 2.10. The lowest BCUT2D eigenvalue weighted by molar-refractivity contribution is 0.0973. The Morgan fingerprint density at radius 2 is 2.31 bits per heavy atom. The lowest BCUT2D eigenvalue weighted by Crippen LogP contribution is -2.17. The van der Waals surface area contributed by atoms with Crippen molar-refractivity contribution < 1.29 is 4.79 Å². The van der Waals surface area contributed by atoms with E-state index in [4.69, 9.17) is 22.6 Å². The van der Waals surface area contributed by atoms with Crippen molar-refractivity contribution in [2.75, 3.05) is 5.73 Å². The van der Waals surface area contributed by atoms with Crippen molar-refractivity contribution in [2.24, 2.45) is 0 Å². The molecule has 0 heterocycles. The molecule has 0 aliphatic rings. The van der Waals surface area contributed by atoms with Gasteiger partial charge in [-0.15, -0.1) is 0 Å². The molecule has 13 heavy (non-hydrogen) atoms. The molecular weight excluding hydrogens is 190 g/mol. The van der Waals surface area contributed by atoms with Gasteiger partial charge in [0.25, 0.3) is 5.91 Å². The second kappa shape index (κ2) is 3.78. The average molecular weight is 196 g/mol. The van der Waals surface area contributed by atoms with Gasteiger partial charge in [0.05, 0.1) is 10.7 Å². The third kappa shape index (κ3) is 2.10. The Bertz CT molecular complexity index is 383. The Morgan fingerprint density at radius 1 is 1.62 bits per heavy atom. The quantitative estimate of drug-likeness (QED) is 0.401. The number of carbonyl (C=O) groups is 1. The topological polar surface area (TPSA) is 78.9 Å². The van der Waals surface area contributed by atoms with Gasteiger partial charge in [-0.2, -0.15) is 5.26 Å². The molecule has 1 aromatic rings. The lowest BCUT2D eigenvalue weighted by Gasteiger charge is -2.00. The minimum atomic E-state index is -0.495. The van der Waals surface area contributed by atoms with Crippen LogP contribution in [0.4, 0.5) is 5.69 Å². The molecule has 0 atom stereocenters. The number of nitrogens with two attached hydrogens (primary N) is 1. The van der Waals surface area contributed by atoms with E-state index in [1.807, 2.05) is 5.32 Å². The van der Waals surface area contributed by atoms with Crippen molar-refractivity contribution in [1.82, 2.24) is 5.32 Å². The van der Waals surface area contributed by atoms with Crippen LogP contribution in [0.2, 0.25) is 5.02 Å². The molecule has 66 valence electrons. The Balaban J connectivity index is 2.98. The highest BCUT2D eigenvalue weighted by atomic mass is 35.5. The zero-order valence-corrected chi connectivity index (χ0v) is 7.30. The van der Waals surface area contributed by atoms with Crippen molar-refractivity contribution in [3.63, 3.8) is 0 Å². The van der Waals surface area contributed by atoms with E-state index in [0.29, 0.717) is 16.3 Å². The van der Waals surface area contributed by atoms with Crippen LogP contribution < -0.4 is 11.1 Å². The summed E-state index contributed by atoms with van der Waals surface area (Å²) in [4.78, 5) is 11.1. The van der Waals surface area contributed by atoms with Crippen molar-refractivity contribution in [2.45, 2.75) is 0 Å². The van der Waals surface area contributed by atoms with Crippen LogP contribution in [-0.2, 0) is 0 Å². The van der Waals surface area contributed by atoms with Gasteiger partial charge < -0.3 is 5.73 Å². The van der Waals surface area contributed by atoms with Crippen molar-refractivity contribution in [3.8, 4) is 6.19 Å². The van der Waals surface area contributed by atoms with Gasteiger partial charge in [0.15, 0.2) is 6.19 Å². The fraction of sp³-hybridized carbons (Fsp3) is 0. The van der Waals surface area contributed by atoms with E-state index < -0.39 is 5.91 Å². The number of halogens is 1. The molecule has 4 nitrogen and oxygen atoms in total. The van der Waals surface area contributed by atoms with Crippen LogP contribution in [-0.4, -0.2) is 5.91 Å². The number of nitrogens with zero attached hydrogens (tertiary/aromatic N) is 1. The molecule has 0 radical (unpaired) electrons. The first-order valence-corrected chi connectivity index (χ1v) is 3.77. The van der Waals surface area contributed by atoms with Gasteiger partial charge in [-0.1, -0.05) is 11.6 Å². The van der Waals surface area contributed by atoms with Crippen LogP contribution in [0, 0.1) is 11.5 Å². The number of rotatable bonds is 1. The molecule has 1 amide bonds. The molecule has 0 unspecified atom stereocenters. The van der Waals surface area contributed by atoms with Crippen LogP contribution in [0.3, 0.4) is 0 Å². The molecule has 0 spiro atoms. The van der Waals surface area contributed by atoms with Gasteiger partial charge in [0.2, 0.25) is 0 Å². The molecule has 5 heteroatoms. The second-order valence-corrected chi connectivity index (χ2v) is 2.71. The first kappa shape index (κ1) is 9.36. The number of carbonyl (C=O) groups excluding carboxylic acids is 1. The van der Waals surface area contributed by atoms with Crippen molar-refractivity contribution >= 4 is 23.2 Å². The second-order valence-electron chi connectivity index (χ2n) is 2.30. The third-order valence-electron chi connectivity index (χ3n) is 1.43. The normalized spacial score (nSPS) is 8.92. The van der Waals surface area contributed by atoms with Gasteiger partial charge in [-0.05, 0) is 18.2 Å². The minimum Gasteiger partial charge on any atom is -0.398 e. The van der Waals surface area contributed by atoms with E-state index in [2.05, 4.69) is 0 Å². The molecule has 1 rings (SSSR count). The maximum Gasteiger partial charge on any atom is 0.264 e. The Labute approximate surface area is 79.9 Å². The van der Waals surface area contributed by atoms with Crippen molar-refractivity contribution in [3.05, 3.63) is 28.8 Å². The summed E-state index contributed by atoms with van der Waals surface area (Å²) in [5.74, 6) is -0.495. The predicted molar refractivity (Wildman–Crippen MR) is 48.9 cm³/mol. The van der Waals surface area contributed by atoms with E-state index in [1.54, 1.807) is 0 Å². The van der Waals surface area contributed by atoms with E-state index in [9.17, 15) is 4.79 Å². The molecule has 0 saturated carbocycles. The molecule has 0 aliphatic carbocycles. The smallest absolute Gasteiger partial charge is 0.264 e. The van der Waals surface area contributed by atoms with Crippen LogP contribution in [0.15, 0.2) is 18.2 Å². The number of hydrogen-bond acceptors (Lipinski definition) is 3. The fourth-order valence-electron chi connectivity index (χ4n) is 0.808. The molecule has 0 aliphatic heterocycles. The number of amides is 1. The van der Waals surface area contributed by atoms with Gasteiger partial charge >= 0.3 is 0 Å². The predicted octanol–water partition coefficient (Wildman–Crippen LogP) is 1.13. The largest absolute Gasteiger partial charge is 0.398 e. The summed E-state index contributed by atoms with van der Waals surface area (Å²) in [7, 11) is 0. The Hall–Kier alpha value is -1.73. The van der Waals surface area contributed by atoms with Crippen LogP contribution >= 0.6 is 11.6 Å². The molecule has 0 saturated heterocycles. The maximum absolute atomic E-state index is 11.1. The minimum absolute atomic E-state index is 0.309. The molecular formula is C8H6ClN3O. The first-order valence-electron chi connectivity index (χ1n) is 3.39. The SMILES string of the molecule is N#CNC(=O)c1ccc(Cl)c(N)c1. The monoisotopic (exact) mass is 195 g/mol. The Morgan fingerprint density at radius 3 is 2.85 bits per heavy atom. The number of nitrogens with one attached hydrogen (secondary N) is 1. The highest BCUT2D eigenvalue weighted by molar-refractivity contribution is 6.33. The first-order chi connectivity index (χ1) is 6.15. The summed E-state index contributed by atoms with van der Waals surface area (Å²) in [6.45, 7) is 0. The highest BCUT2D eigenvalue weighted by Gasteiger charge is 2.05. The zero-order valence-electron chi connectivity index (χ0n) is 6.54. The van der Waals surface area contributed by atoms with Crippen LogP contribution in [0.25, 0.3) is 0 Å². The summed E-state index contributed by atoms with van der Waals surface area (Å²) in [5, 5.41) is 10.5. The van der Waals surface area contributed by atoms with Gasteiger partial charge in [0.1, 0.15) is 0 Å². The van der Waals surface area contributed by atoms with E-state index in [0.717, 1.165) is 0 Å². The summed E-state index contributed by atoms with van der Waals surface area (Å²) in [5.41, 5.74) is 6.08. The summed E-state index contributed by atoms with van der Waals surface area (Å²) in [6, 6.07) is 4.41. The van der Waals surface area contributed by atoms with E-state index in [1.165, 1.54) is 24.4 Å². The van der Waals surface area contributed by atoms with Gasteiger partial charge in [-0.3, -0.25) is 10.1 Å². The standard InChI is InChI=1S/C8H6ClN3O/c9-6-2-1-5(3-7(6)11)8(13)12-4-10/h1-3H,11H2,(H,12,13). The fourth-order valence-corrected chi connectivity index (χ4v) is 0.925. The molecule has 3 N–H and O–H groups in total. The molecule has 0 fully saturated rings. The van der Waals surface area contributed by atoms with E-state index in [-0.39, 0.29) is 0 Å². The zero-order chi connectivity index (χ0) is 9.84. The third-order valence-corrected chi connectivity index (χ3v) is 1.77. The molecule has 0 aromatic heterocycles. The van der Waals surface area contributed by atoms with Crippen LogP contribution in [0.5, 0.6) is 0 Å². The molecule has 1 aromatic carbocycles. The number of anilines is 1. The number of nitrogen functional groups attached to an aromatic ring is 1. The number of hydrogen-bond donors (Lipinski definition) is 2. The van der Waals surface area contributed by atoms with Gasteiger partial charge in [-0.25, -0.2) is 0 Å². The lowest BCUT2D eigenvalue weighted by atomic mass is 10.2. The number of nitriles is 1. The Kier molecular flexibility index (Phi) is 2.72. The number of benzene rings is 1. The summed E-state index contributed by atoms with van der Waals surface area (Å²) in [6.07, 6.45) is 1.53.